The molecule has 2 aliphatic rings. The smallest absolute Gasteiger partial charge is 0.178 e. The van der Waals surface area contributed by atoms with E-state index < -0.39 is 9.84 Å². The van der Waals surface area contributed by atoms with Crippen LogP contribution in [-0.4, -0.2) is 33.9 Å². The normalized spacial score (nSPS) is 25.5. The van der Waals surface area contributed by atoms with Crippen molar-refractivity contribution in [3.63, 3.8) is 0 Å². The Morgan fingerprint density at radius 1 is 1.24 bits per heavy atom. The Hall–Kier alpha value is -0.980. The molecule has 0 bridgehead atoms. The summed E-state index contributed by atoms with van der Waals surface area (Å²) in [6.07, 6.45) is 2.55. The van der Waals surface area contributed by atoms with Crippen molar-refractivity contribution in [3.05, 3.63) is 29.6 Å². The molecule has 0 aromatic heterocycles. The molecule has 0 saturated carbocycles. The summed E-state index contributed by atoms with van der Waals surface area (Å²) in [4.78, 5) is 0.277. The number of hydrogen-bond acceptors (Lipinski definition) is 4. The molecule has 1 unspecified atom stereocenters. The van der Waals surface area contributed by atoms with Crippen LogP contribution in [0.1, 0.15) is 30.9 Å². The van der Waals surface area contributed by atoms with Gasteiger partial charge in [-0.25, -0.2) is 12.8 Å². The summed E-state index contributed by atoms with van der Waals surface area (Å²) in [6, 6.07) is 3.88. The molecule has 6 heteroatoms. The highest BCUT2D eigenvalue weighted by molar-refractivity contribution is 7.91. The van der Waals surface area contributed by atoms with E-state index in [9.17, 15) is 12.8 Å². The van der Waals surface area contributed by atoms with Crippen molar-refractivity contribution < 1.29 is 17.5 Å². The van der Waals surface area contributed by atoms with Crippen LogP contribution >= 0.6 is 0 Å². The molecule has 21 heavy (non-hydrogen) atoms. The summed E-state index contributed by atoms with van der Waals surface area (Å²) in [5, 5.41) is 3.43. The van der Waals surface area contributed by atoms with Crippen LogP contribution in [0, 0.1) is 11.7 Å². The second-order valence-corrected chi connectivity index (χ2v) is 7.88. The minimum atomic E-state index is -3.26. The molecule has 2 aliphatic heterocycles. The van der Waals surface area contributed by atoms with Crippen LogP contribution in [0.2, 0.25) is 0 Å². The van der Waals surface area contributed by atoms with Gasteiger partial charge in [0.25, 0.3) is 0 Å². The molecule has 1 saturated heterocycles. The number of halogens is 1. The Morgan fingerprint density at radius 3 is 2.76 bits per heavy atom. The van der Waals surface area contributed by atoms with Crippen molar-refractivity contribution in [2.45, 2.75) is 30.2 Å². The highest BCUT2D eigenvalue weighted by atomic mass is 32.2. The molecule has 1 atom stereocenters. The van der Waals surface area contributed by atoms with E-state index in [1.165, 1.54) is 18.2 Å². The number of hydrogen-bond donors (Lipinski definition) is 1. The fraction of sp³-hybridized carbons (Fsp3) is 0.600. The van der Waals surface area contributed by atoms with Crippen molar-refractivity contribution in [1.29, 1.82) is 0 Å². The number of ether oxygens (including phenoxy) is 1. The van der Waals surface area contributed by atoms with Gasteiger partial charge in [-0.15, -0.1) is 0 Å². The minimum absolute atomic E-state index is 0.0814. The Bertz CT molecular complexity index is 611. The van der Waals surface area contributed by atoms with Crippen LogP contribution in [0.3, 0.4) is 0 Å². The van der Waals surface area contributed by atoms with E-state index in [4.69, 9.17) is 4.74 Å². The number of sulfone groups is 1. The summed E-state index contributed by atoms with van der Waals surface area (Å²) in [7, 11) is -3.26. The van der Waals surface area contributed by atoms with Crippen LogP contribution in [0.25, 0.3) is 0 Å². The fourth-order valence-electron chi connectivity index (χ4n) is 3.08. The van der Waals surface area contributed by atoms with E-state index in [1.54, 1.807) is 0 Å². The molecule has 1 N–H and O–H groups in total. The maximum atomic E-state index is 13.5. The largest absolute Gasteiger partial charge is 0.381 e. The molecular weight excluding hydrogens is 293 g/mol. The number of nitrogens with one attached hydrogen (secondary N) is 1. The lowest BCUT2D eigenvalue weighted by atomic mass is 9.98. The molecule has 0 radical (unpaired) electrons. The zero-order chi connectivity index (χ0) is 14.9. The van der Waals surface area contributed by atoms with Gasteiger partial charge in [-0.1, -0.05) is 0 Å². The first-order chi connectivity index (χ1) is 10.1. The average molecular weight is 313 g/mol. The summed E-state index contributed by atoms with van der Waals surface area (Å²) in [5.41, 5.74) is 0.577. The topological polar surface area (TPSA) is 55.4 Å². The van der Waals surface area contributed by atoms with Crippen molar-refractivity contribution in [3.8, 4) is 0 Å². The van der Waals surface area contributed by atoms with Gasteiger partial charge in [0.15, 0.2) is 9.84 Å². The van der Waals surface area contributed by atoms with Gasteiger partial charge in [-0.3, -0.25) is 0 Å². The van der Waals surface area contributed by atoms with Crippen LogP contribution < -0.4 is 5.32 Å². The summed E-state index contributed by atoms with van der Waals surface area (Å²) in [5.74, 6) is 0.287. The van der Waals surface area contributed by atoms with Gasteiger partial charge in [0.2, 0.25) is 0 Å². The third-order valence-corrected chi connectivity index (χ3v) is 6.17. The Balaban J connectivity index is 1.76. The lowest BCUT2D eigenvalue weighted by Gasteiger charge is -2.29. The van der Waals surface area contributed by atoms with Crippen LogP contribution in [0.4, 0.5) is 4.39 Å². The number of rotatable bonds is 3. The molecule has 1 fully saturated rings. The monoisotopic (exact) mass is 313 g/mol. The molecule has 116 valence electrons. The lowest BCUT2D eigenvalue weighted by molar-refractivity contribution is 0.0653. The van der Waals surface area contributed by atoms with Gasteiger partial charge < -0.3 is 10.1 Å². The van der Waals surface area contributed by atoms with E-state index >= 15 is 0 Å². The van der Waals surface area contributed by atoms with E-state index in [1.807, 2.05) is 0 Å². The average Bonchev–Trinajstić information content (AvgIpc) is 2.47. The van der Waals surface area contributed by atoms with E-state index in [0.717, 1.165) is 32.6 Å². The van der Waals surface area contributed by atoms with Crippen LogP contribution in [0.15, 0.2) is 23.1 Å². The Labute approximate surface area is 124 Å². The Morgan fingerprint density at radius 2 is 2.00 bits per heavy atom. The van der Waals surface area contributed by atoms with Crippen LogP contribution in [0.5, 0.6) is 0 Å². The van der Waals surface area contributed by atoms with Gasteiger partial charge in [0, 0.05) is 19.3 Å². The molecule has 2 heterocycles. The standard InChI is InChI=1S/C15H20FNO3S/c16-12-1-2-15-13(9-12)14(5-8-21(15,18)19)17-10-11-3-6-20-7-4-11/h1-2,9,11,14,17H,3-8,10H2. The second-order valence-electron chi connectivity index (χ2n) is 5.81. The van der Waals surface area contributed by atoms with Crippen molar-refractivity contribution in [2.75, 3.05) is 25.5 Å². The van der Waals surface area contributed by atoms with E-state index in [2.05, 4.69) is 5.32 Å². The summed E-state index contributed by atoms with van der Waals surface area (Å²) < 4.78 is 42.9. The first kappa shape index (κ1) is 14.9. The third-order valence-electron chi connectivity index (χ3n) is 4.35. The zero-order valence-corrected chi connectivity index (χ0v) is 12.7. The highest BCUT2D eigenvalue weighted by Gasteiger charge is 2.30. The Kier molecular flexibility index (Phi) is 4.28. The molecule has 1 aromatic rings. The van der Waals surface area contributed by atoms with Gasteiger partial charge in [0.1, 0.15) is 5.82 Å². The van der Waals surface area contributed by atoms with Gasteiger partial charge in [-0.2, -0.15) is 0 Å². The highest BCUT2D eigenvalue weighted by Crippen LogP contribution is 2.33. The second kappa shape index (κ2) is 6.02. The van der Waals surface area contributed by atoms with Gasteiger partial charge in [-0.05, 0) is 55.5 Å². The maximum Gasteiger partial charge on any atom is 0.178 e. The molecule has 0 aliphatic carbocycles. The SMILES string of the molecule is O=S1(=O)CCC(NCC2CCOCC2)c2cc(F)ccc21. The van der Waals surface area contributed by atoms with Gasteiger partial charge in [0.05, 0.1) is 10.6 Å². The first-order valence-electron chi connectivity index (χ1n) is 7.39. The van der Waals surface area contributed by atoms with Crippen molar-refractivity contribution in [1.82, 2.24) is 5.32 Å². The summed E-state index contributed by atoms with van der Waals surface area (Å²) in [6.45, 7) is 2.40. The van der Waals surface area contributed by atoms with E-state index in [0.29, 0.717) is 17.9 Å². The predicted molar refractivity (Wildman–Crippen MR) is 77.4 cm³/mol. The number of benzene rings is 1. The maximum absolute atomic E-state index is 13.5. The van der Waals surface area contributed by atoms with Crippen LogP contribution in [-0.2, 0) is 14.6 Å². The quantitative estimate of drug-likeness (QED) is 0.868. The van der Waals surface area contributed by atoms with Crippen molar-refractivity contribution in [2.24, 2.45) is 5.92 Å². The van der Waals surface area contributed by atoms with Gasteiger partial charge >= 0.3 is 0 Å². The lowest BCUT2D eigenvalue weighted by Crippen LogP contribution is -2.34. The van der Waals surface area contributed by atoms with Crippen molar-refractivity contribution >= 4 is 9.84 Å². The zero-order valence-electron chi connectivity index (χ0n) is 11.8. The molecule has 1 aromatic carbocycles. The summed E-state index contributed by atoms with van der Waals surface area (Å²) >= 11 is 0. The predicted octanol–water partition coefficient (Wildman–Crippen LogP) is 2.06. The molecule has 3 rings (SSSR count). The molecule has 4 nitrogen and oxygen atoms in total. The molecule has 0 spiro atoms. The number of fused-ring (bicyclic) bond motifs is 1. The minimum Gasteiger partial charge on any atom is -0.381 e. The third kappa shape index (κ3) is 3.27. The first-order valence-corrected chi connectivity index (χ1v) is 9.05. The fourth-order valence-corrected chi connectivity index (χ4v) is 4.69. The van der Waals surface area contributed by atoms with E-state index in [-0.39, 0.29) is 22.5 Å². The molecular formula is C15H20FNO3S. The molecule has 0 amide bonds.